The minimum Gasteiger partial charge on any atom is -0.481 e. The summed E-state index contributed by atoms with van der Waals surface area (Å²) in [6.45, 7) is 1.84. The molecule has 162 valence electrons. The molecule has 0 spiro atoms. The molecule has 0 saturated heterocycles. The minimum absolute atomic E-state index is 0.0808. The molecule has 4 unspecified atom stereocenters. The van der Waals surface area contributed by atoms with E-state index >= 15 is 0 Å². The van der Waals surface area contributed by atoms with E-state index in [0.717, 1.165) is 24.8 Å². The van der Waals surface area contributed by atoms with E-state index in [1.165, 1.54) is 6.07 Å². The highest BCUT2D eigenvalue weighted by Gasteiger charge is 2.53. The van der Waals surface area contributed by atoms with E-state index < -0.39 is 17.8 Å². The second-order valence-corrected chi connectivity index (χ2v) is 9.14. The van der Waals surface area contributed by atoms with E-state index in [2.05, 4.69) is 10.6 Å². The molecule has 2 aliphatic carbocycles. The van der Waals surface area contributed by atoms with Gasteiger partial charge in [0.15, 0.2) is 0 Å². The molecule has 6 nitrogen and oxygen atoms in total. The smallest absolute Gasteiger partial charge is 0.307 e. The predicted octanol–water partition coefficient (Wildman–Crippen LogP) is 5.24. The number of rotatable bonds is 5. The van der Waals surface area contributed by atoms with Crippen LogP contribution in [0.15, 0.2) is 36.4 Å². The number of halogens is 2. The van der Waals surface area contributed by atoms with Gasteiger partial charge >= 0.3 is 5.97 Å². The zero-order valence-corrected chi connectivity index (χ0v) is 18.3. The number of anilines is 2. The van der Waals surface area contributed by atoms with Crippen molar-refractivity contribution in [3.8, 4) is 0 Å². The molecule has 0 radical (unpaired) electrons. The molecule has 0 aliphatic heterocycles. The summed E-state index contributed by atoms with van der Waals surface area (Å²) in [6.07, 6.45) is 2.57. The molecule has 2 aliphatic rings. The number of hydrogen-bond donors (Lipinski definition) is 3. The number of carbonyl (C=O) groups excluding carboxylic acids is 2. The normalized spacial score (nSPS) is 24.1. The molecule has 4 rings (SSSR count). The van der Waals surface area contributed by atoms with Crippen LogP contribution in [0.3, 0.4) is 0 Å². The molecule has 2 bridgehead atoms. The van der Waals surface area contributed by atoms with E-state index in [-0.39, 0.29) is 28.7 Å². The van der Waals surface area contributed by atoms with Crippen molar-refractivity contribution in [3.63, 3.8) is 0 Å². The van der Waals surface area contributed by atoms with Crippen molar-refractivity contribution in [1.82, 2.24) is 0 Å². The summed E-state index contributed by atoms with van der Waals surface area (Å²) in [5.74, 6) is -2.48. The molecular formula is C23H22Cl2N2O4. The van der Waals surface area contributed by atoms with Crippen molar-refractivity contribution in [2.75, 3.05) is 10.6 Å². The number of carbonyl (C=O) groups is 3. The van der Waals surface area contributed by atoms with E-state index in [1.54, 1.807) is 30.3 Å². The average molecular weight is 461 g/mol. The molecule has 2 aromatic carbocycles. The molecule has 2 fully saturated rings. The maximum Gasteiger partial charge on any atom is 0.307 e. The Labute approximate surface area is 189 Å². The highest BCUT2D eigenvalue weighted by atomic mass is 35.5. The molecule has 2 saturated carbocycles. The highest BCUT2D eigenvalue weighted by molar-refractivity contribution is 6.42. The summed E-state index contributed by atoms with van der Waals surface area (Å²) in [5, 5.41) is 15.9. The van der Waals surface area contributed by atoms with Crippen molar-refractivity contribution < 1.29 is 19.5 Å². The van der Waals surface area contributed by atoms with Gasteiger partial charge in [0.05, 0.1) is 21.9 Å². The van der Waals surface area contributed by atoms with Crippen LogP contribution in [0.5, 0.6) is 0 Å². The largest absolute Gasteiger partial charge is 0.481 e. The summed E-state index contributed by atoms with van der Waals surface area (Å²) in [5.41, 5.74) is 2.22. The number of aryl methyl sites for hydroxylation is 1. The number of hydrogen-bond acceptors (Lipinski definition) is 3. The first-order valence-electron chi connectivity index (χ1n) is 10.2. The lowest BCUT2D eigenvalue weighted by Gasteiger charge is -2.27. The van der Waals surface area contributed by atoms with Crippen LogP contribution < -0.4 is 10.6 Å². The molecule has 2 aromatic rings. The summed E-state index contributed by atoms with van der Waals surface area (Å²) in [4.78, 5) is 37.3. The van der Waals surface area contributed by atoms with E-state index in [4.69, 9.17) is 23.2 Å². The number of carboxylic acid groups (broad SMARTS) is 1. The predicted molar refractivity (Wildman–Crippen MR) is 120 cm³/mol. The van der Waals surface area contributed by atoms with Gasteiger partial charge in [-0.05, 0) is 73.9 Å². The molecule has 4 atom stereocenters. The lowest BCUT2D eigenvalue weighted by Crippen LogP contribution is -2.37. The van der Waals surface area contributed by atoms with Crippen LogP contribution in [0.1, 0.15) is 35.2 Å². The number of fused-ring (bicyclic) bond motifs is 2. The van der Waals surface area contributed by atoms with Gasteiger partial charge in [-0.25, -0.2) is 0 Å². The molecule has 0 heterocycles. The third kappa shape index (κ3) is 4.27. The highest BCUT2D eigenvalue weighted by Crippen LogP contribution is 2.52. The maximum absolute atomic E-state index is 12.9. The lowest BCUT2D eigenvalue weighted by molar-refractivity contribution is -0.148. The van der Waals surface area contributed by atoms with Gasteiger partial charge in [-0.15, -0.1) is 0 Å². The van der Waals surface area contributed by atoms with Crippen LogP contribution in [-0.2, 0) is 9.59 Å². The first kappa shape index (κ1) is 21.7. The second-order valence-electron chi connectivity index (χ2n) is 8.32. The van der Waals surface area contributed by atoms with Crippen molar-refractivity contribution in [1.29, 1.82) is 0 Å². The fraction of sp³-hybridized carbons (Fsp3) is 0.348. The monoisotopic (exact) mass is 460 g/mol. The lowest BCUT2D eigenvalue weighted by atomic mass is 9.78. The third-order valence-electron chi connectivity index (χ3n) is 6.44. The van der Waals surface area contributed by atoms with Crippen LogP contribution in [0, 0.1) is 30.6 Å². The molecular weight excluding hydrogens is 439 g/mol. The molecule has 31 heavy (non-hydrogen) atoms. The Balaban J connectivity index is 1.50. The third-order valence-corrected chi connectivity index (χ3v) is 7.18. The zero-order valence-electron chi connectivity index (χ0n) is 16.8. The molecule has 8 heteroatoms. The second kappa shape index (κ2) is 8.52. The fourth-order valence-corrected chi connectivity index (χ4v) is 5.21. The first-order chi connectivity index (χ1) is 14.7. The zero-order chi connectivity index (χ0) is 22.3. The van der Waals surface area contributed by atoms with Crippen LogP contribution in [0.4, 0.5) is 11.4 Å². The number of carboxylic acids is 1. The van der Waals surface area contributed by atoms with Crippen molar-refractivity contribution in [2.45, 2.75) is 26.2 Å². The van der Waals surface area contributed by atoms with Gasteiger partial charge in [0.1, 0.15) is 0 Å². The number of nitrogens with one attached hydrogen (secondary N) is 2. The standard InChI is InChI=1S/C23H22Cl2N2O4/c1-11-2-6-15(10-18(11)27-21(28)14-5-7-16(24)17(25)9-14)26-22(29)19-12-3-4-13(8-12)20(19)23(30)31/h2,5-7,9-10,12-13,19-20H,3-4,8H2,1H3,(H,26,29)(H,27,28)(H,30,31). The summed E-state index contributed by atoms with van der Waals surface area (Å²) in [7, 11) is 0. The Morgan fingerprint density at radius 2 is 1.65 bits per heavy atom. The van der Waals surface area contributed by atoms with Gasteiger partial charge < -0.3 is 15.7 Å². The molecule has 3 N–H and O–H groups in total. The van der Waals surface area contributed by atoms with Gasteiger partial charge in [0, 0.05) is 16.9 Å². The van der Waals surface area contributed by atoms with Crippen LogP contribution in [0.2, 0.25) is 10.0 Å². The van der Waals surface area contributed by atoms with Crippen molar-refractivity contribution in [2.24, 2.45) is 23.7 Å². The van der Waals surface area contributed by atoms with Crippen LogP contribution in [0.25, 0.3) is 0 Å². The number of aliphatic carboxylic acids is 1. The van der Waals surface area contributed by atoms with Crippen LogP contribution >= 0.6 is 23.2 Å². The SMILES string of the molecule is Cc1ccc(NC(=O)C2C3CCC(C3)C2C(=O)O)cc1NC(=O)c1ccc(Cl)c(Cl)c1. The van der Waals surface area contributed by atoms with E-state index in [9.17, 15) is 19.5 Å². The fourth-order valence-electron chi connectivity index (χ4n) is 4.92. The number of benzene rings is 2. The molecule has 2 amide bonds. The summed E-state index contributed by atoms with van der Waals surface area (Å²) >= 11 is 11.9. The summed E-state index contributed by atoms with van der Waals surface area (Å²) in [6, 6.07) is 9.82. The Morgan fingerprint density at radius 3 is 2.32 bits per heavy atom. The maximum atomic E-state index is 12.9. The van der Waals surface area contributed by atoms with Crippen molar-refractivity contribution >= 4 is 52.4 Å². The van der Waals surface area contributed by atoms with E-state index in [0.29, 0.717) is 22.0 Å². The quantitative estimate of drug-likeness (QED) is 0.568. The van der Waals surface area contributed by atoms with Crippen molar-refractivity contribution in [3.05, 3.63) is 57.6 Å². The topological polar surface area (TPSA) is 95.5 Å². The van der Waals surface area contributed by atoms with E-state index in [1.807, 2.05) is 6.92 Å². The van der Waals surface area contributed by atoms with Gasteiger partial charge in [-0.2, -0.15) is 0 Å². The minimum atomic E-state index is -0.897. The summed E-state index contributed by atoms with van der Waals surface area (Å²) < 4.78 is 0. The van der Waals surface area contributed by atoms with Gasteiger partial charge in [-0.1, -0.05) is 29.3 Å². The Hall–Kier alpha value is -2.57. The number of amides is 2. The Kier molecular flexibility index (Phi) is 5.95. The van der Waals surface area contributed by atoms with Gasteiger partial charge in [0.2, 0.25) is 5.91 Å². The van der Waals surface area contributed by atoms with Gasteiger partial charge in [-0.3, -0.25) is 14.4 Å². The van der Waals surface area contributed by atoms with Crippen LogP contribution in [-0.4, -0.2) is 22.9 Å². The van der Waals surface area contributed by atoms with Gasteiger partial charge in [0.25, 0.3) is 5.91 Å². The first-order valence-corrected chi connectivity index (χ1v) is 10.9. The Morgan fingerprint density at radius 1 is 0.935 bits per heavy atom. The average Bonchev–Trinajstić information content (AvgIpc) is 3.34. The molecule has 0 aromatic heterocycles. The Bertz CT molecular complexity index is 1070.